The average molecular weight is 413 g/mol. The summed E-state index contributed by atoms with van der Waals surface area (Å²) >= 11 is 1.63. The molecule has 0 radical (unpaired) electrons. The Bertz CT molecular complexity index is 981. The number of thiazole rings is 1. The molecular formula is C20H24N6O2S. The van der Waals surface area contributed by atoms with E-state index in [-0.39, 0.29) is 18.6 Å². The fourth-order valence-corrected chi connectivity index (χ4v) is 4.10. The number of carbonyl (C=O) groups is 1. The summed E-state index contributed by atoms with van der Waals surface area (Å²) in [6.45, 7) is 7.79. The molecule has 152 valence electrons. The zero-order valence-electron chi connectivity index (χ0n) is 16.8. The maximum Gasteiger partial charge on any atom is 0.244 e. The Hall–Kier alpha value is -2.78. The largest absolute Gasteiger partial charge is 0.368 e. The third-order valence-electron chi connectivity index (χ3n) is 4.86. The summed E-state index contributed by atoms with van der Waals surface area (Å²) in [5.41, 5.74) is 3.66. The van der Waals surface area contributed by atoms with Crippen LogP contribution >= 0.6 is 11.3 Å². The molecule has 0 aliphatic carbocycles. The van der Waals surface area contributed by atoms with E-state index in [0.717, 1.165) is 27.9 Å². The second kappa shape index (κ2) is 8.30. The number of ether oxygens (including phenoxy) is 1. The van der Waals surface area contributed by atoms with E-state index >= 15 is 0 Å². The number of rotatable bonds is 5. The molecule has 3 aromatic rings. The normalized spacial score (nSPS) is 16.8. The number of amides is 1. The third-order valence-corrected chi connectivity index (χ3v) is 5.85. The highest BCUT2D eigenvalue weighted by Gasteiger charge is 2.27. The molecule has 1 atom stereocenters. The molecule has 1 N–H and O–H groups in total. The highest BCUT2D eigenvalue weighted by Crippen LogP contribution is 2.28. The van der Waals surface area contributed by atoms with Crippen LogP contribution in [0.1, 0.15) is 28.1 Å². The van der Waals surface area contributed by atoms with Crippen LogP contribution in [0.15, 0.2) is 30.6 Å². The summed E-state index contributed by atoms with van der Waals surface area (Å²) in [5.74, 6) is 0.0294. The van der Waals surface area contributed by atoms with Crippen LogP contribution in [0.3, 0.4) is 0 Å². The Morgan fingerprint density at radius 1 is 1.31 bits per heavy atom. The topological polar surface area (TPSA) is 85.2 Å². The smallest absolute Gasteiger partial charge is 0.244 e. The van der Waals surface area contributed by atoms with E-state index in [1.165, 1.54) is 4.88 Å². The first kappa shape index (κ1) is 19.5. The van der Waals surface area contributed by atoms with E-state index in [1.54, 1.807) is 28.4 Å². The van der Waals surface area contributed by atoms with Gasteiger partial charge in [-0.2, -0.15) is 5.10 Å². The molecule has 0 bridgehead atoms. The molecular weight excluding hydrogens is 388 g/mol. The molecule has 9 heteroatoms. The van der Waals surface area contributed by atoms with E-state index < -0.39 is 0 Å². The highest BCUT2D eigenvalue weighted by atomic mass is 32.1. The Kier molecular flexibility index (Phi) is 5.59. The summed E-state index contributed by atoms with van der Waals surface area (Å²) < 4.78 is 7.58. The summed E-state index contributed by atoms with van der Waals surface area (Å²) in [6.07, 6.45) is 3.20. The molecule has 0 saturated carbocycles. The molecule has 1 amide bonds. The minimum atomic E-state index is -0.259. The van der Waals surface area contributed by atoms with E-state index in [1.807, 2.05) is 36.9 Å². The van der Waals surface area contributed by atoms with Gasteiger partial charge in [0.2, 0.25) is 5.91 Å². The fourth-order valence-electron chi connectivity index (χ4n) is 3.27. The lowest BCUT2D eigenvalue weighted by molar-refractivity contribution is -0.140. The van der Waals surface area contributed by atoms with Crippen molar-refractivity contribution >= 4 is 28.1 Å². The van der Waals surface area contributed by atoms with Crippen LogP contribution in [-0.2, 0) is 16.1 Å². The van der Waals surface area contributed by atoms with Crippen LogP contribution in [-0.4, -0.2) is 50.3 Å². The molecule has 1 unspecified atom stereocenters. The van der Waals surface area contributed by atoms with Gasteiger partial charge in [0.15, 0.2) is 5.13 Å². The molecule has 4 heterocycles. The molecule has 0 aromatic carbocycles. The van der Waals surface area contributed by atoms with Gasteiger partial charge in [0.25, 0.3) is 0 Å². The Balaban J connectivity index is 1.48. The Morgan fingerprint density at radius 2 is 2.17 bits per heavy atom. The fraction of sp³-hybridized carbons (Fsp3) is 0.400. The van der Waals surface area contributed by atoms with Gasteiger partial charge in [-0.15, -0.1) is 11.3 Å². The number of carbonyl (C=O) groups excluding carboxylic acids is 1. The van der Waals surface area contributed by atoms with Crippen LogP contribution in [0.5, 0.6) is 0 Å². The van der Waals surface area contributed by atoms with E-state index in [4.69, 9.17) is 4.74 Å². The molecule has 1 fully saturated rings. The molecule has 8 nitrogen and oxygen atoms in total. The number of hydrogen-bond acceptors (Lipinski definition) is 7. The van der Waals surface area contributed by atoms with Gasteiger partial charge in [0.05, 0.1) is 24.5 Å². The number of nitrogens with one attached hydrogen (secondary N) is 1. The van der Waals surface area contributed by atoms with Gasteiger partial charge in [-0.1, -0.05) is 0 Å². The number of aromatic nitrogens is 4. The van der Waals surface area contributed by atoms with E-state index in [0.29, 0.717) is 19.7 Å². The quantitative estimate of drug-likeness (QED) is 0.693. The van der Waals surface area contributed by atoms with Gasteiger partial charge in [-0.3, -0.25) is 14.5 Å². The van der Waals surface area contributed by atoms with Crippen LogP contribution in [0.4, 0.5) is 10.8 Å². The van der Waals surface area contributed by atoms with Crippen molar-refractivity contribution in [1.82, 2.24) is 24.6 Å². The minimum Gasteiger partial charge on any atom is -0.368 e. The zero-order valence-corrected chi connectivity index (χ0v) is 17.6. The van der Waals surface area contributed by atoms with Gasteiger partial charge >= 0.3 is 0 Å². The van der Waals surface area contributed by atoms with E-state index in [2.05, 4.69) is 27.3 Å². The van der Waals surface area contributed by atoms with Crippen molar-refractivity contribution in [3.05, 3.63) is 52.6 Å². The second-order valence-corrected chi connectivity index (χ2v) is 8.31. The highest BCUT2D eigenvalue weighted by molar-refractivity contribution is 7.15. The Labute approximate surface area is 173 Å². The number of anilines is 2. The second-order valence-electron chi connectivity index (χ2n) is 7.11. The van der Waals surface area contributed by atoms with Gasteiger partial charge in [-0.25, -0.2) is 4.98 Å². The predicted molar refractivity (Wildman–Crippen MR) is 111 cm³/mol. The number of hydrogen-bond donors (Lipinski definition) is 1. The minimum absolute atomic E-state index is 0.0294. The standard InChI is InChI=1S/C20H24N6O2S/c1-13-9-16(24-20-23-14(2)15(3)29-20)10-17(22-13)18-11-25(7-8-28-18)19(27)12-26-6-4-5-21-26/h4-6,9-10,18H,7-8,11-12H2,1-3H3,(H,22,23,24). The zero-order chi connectivity index (χ0) is 20.4. The number of pyridine rings is 1. The van der Waals surface area contributed by atoms with Crippen molar-refractivity contribution in [1.29, 1.82) is 0 Å². The van der Waals surface area contributed by atoms with Crippen LogP contribution in [0, 0.1) is 20.8 Å². The first-order valence-corrected chi connectivity index (χ1v) is 10.4. The average Bonchev–Trinajstić information content (AvgIpc) is 3.31. The maximum absolute atomic E-state index is 12.6. The molecule has 29 heavy (non-hydrogen) atoms. The Morgan fingerprint density at radius 3 is 2.90 bits per heavy atom. The van der Waals surface area contributed by atoms with Crippen LogP contribution < -0.4 is 5.32 Å². The van der Waals surface area contributed by atoms with Crippen molar-refractivity contribution < 1.29 is 9.53 Å². The molecule has 0 spiro atoms. The summed E-state index contributed by atoms with van der Waals surface area (Å²) in [6, 6.07) is 5.77. The summed E-state index contributed by atoms with van der Waals surface area (Å²) in [7, 11) is 0. The van der Waals surface area contributed by atoms with Crippen molar-refractivity contribution in [3.63, 3.8) is 0 Å². The molecule has 3 aromatic heterocycles. The third kappa shape index (κ3) is 4.63. The molecule has 4 rings (SSSR count). The van der Waals surface area contributed by atoms with Gasteiger partial charge in [0, 0.05) is 35.2 Å². The lowest BCUT2D eigenvalue weighted by Crippen LogP contribution is -2.43. The van der Waals surface area contributed by atoms with Gasteiger partial charge in [0.1, 0.15) is 12.6 Å². The maximum atomic E-state index is 12.6. The summed E-state index contributed by atoms with van der Waals surface area (Å²) in [5, 5.41) is 8.34. The number of nitrogens with zero attached hydrogens (tertiary/aromatic N) is 5. The van der Waals surface area contributed by atoms with Crippen molar-refractivity contribution in [3.8, 4) is 0 Å². The predicted octanol–water partition coefficient (Wildman–Crippen LogP) is 3.00. The van der Waals surface area contributed by atoms with Crippen molar-refractivity contribution in [2.45, 2.75) is 33.4 Å². The van der Waals surface area contributed by atoms with Crippen molar-refractivity contribution in [2.75, 3.05) is 25.0 Å². The monoisotopic (exact) mass is 412 g/mol. The van der Waals surface area contributed by atoms with Gasteiger partial charge in [-0.05, 0) is 39.0 Å². The first-order chi connectivity index (χ1) is 14.0. The lowest BCUT2D eigenvalue weighted by atomic mass is 10.1. The van der Waals surface area contributed by atoms with Crippen LogP contribution in [0.2, 0.25) is 0 Å². The SMILES string of the molecule is Cc1cc(Nc2nc(C)c(C)s2)cc(C2CN(C(=O)Cn3cccn3)CCO2)n1. The number of aryl methyl sites for hydroxylation is 3. The molecule has 1 saturated heterocycles. The van der Waals surface area contributed by atoms with Gasteiger partial charge < -0.3 is 15.0 Å². The molecule has 1 aliphatic rings. The lowest BCUT2D eigenvalue weighted by Gasteiger charge is -2.33. The molecule has 1 aliphatic heterocycles. The summed E-state index contributed by atoms with van der Waals surface area (Å²) in [4.78, 5) is 24.8. The van der Waals surface area contributed by atoms with Crippen molar-refractivity contribution in [2.24, 2.45) is 0 Å². The number of morpholine rings is 1. The van der Waals surface area contributed by atoms with Crippen LogP contribution in [0.25, 0.3) is 0 Å². The van der Waals surface area contributed by atoms with E-state index in [9.17, 15) is 4.79 Å². The first-order valence-electron chi connectivity index (χ1n) is 9.54.